The number of allylic oxidation sites excluding steroid dienone is 2. The van der Waals surface area contributed by atoms with Crippen LogP contribution in [0.3, 0.4) is 0 Å². The topological polar surface area (TPSA) is 43.4 Å². The minimum atomic E-state index is -0.547. The third-order valence-corrected chi connectivity index (χ3v) is 2.73. The van der Waals surface area contributed by atoms with Crippen LogP contribution in [0.1, 0.15) is 60.3 Å². The molecule has 0 fully saturated rings. The van der Waals surface area contributed by atoms with E-state index in [1.807, 2.05) is 12.2 Å². The maximum atomic E-state index is 11.7. The van der Waals surface area contributed by atoms with Gasteiger partial charge in [-0.2, -0.15) is 0 Å². The molecule has 0 atom stereocenters. The predicted octanol–water partition coefficient (Wildman–Crippen LogP) is 4.19. The van der Waals surface area contributed by atoms with E-state index in [-0.39, 0.29) is 0 Å². The number of unbranched alkanes of at least 4 members (excludes halogenated alkanes) is 2. The first-order valence-electron chi connectivity index (χ1n) is 6.98. The Balaban J connectivity index is 4.36. The van der Waals surface area contributed by atoms with Crippen LogP contribution < -0.4 is 0 Å². The van der Waals surface area contributed by atoms with Gasteiger partial charge in [0.25, 0.3) is 0 Å². The van der Waals surface area contributed by atoms with E-state index in [0.717, 1.165) is 25.7 Å². The molecule has 0 spiro atoms. The summed E-state index contributed by atoms with van der Waals surface area (Å²) in [6.07, 6.45) is 7.40. The fraction of sp³-hybridized carbons (Fsp3) is 0.625. The first kappa shape index (κ1) is 17.6. The Bertz CT molecular complexity index is 362. The first-order valence-corrected chi connectivity index (χ1v) is 6.98. The number of hydrogen-bond donors (Lipinski definition) is 0. The molecule has 0 radical (unpaired) electrons. The van der Waals surface area contributed by atoms with E-state index in [1.54, 1.807) is 13.8 Å². The van der Waals surface area contributed by atoms with Crippen LogP contribution in [0.4, 0.5) is 0 Å². The van der Waals surface area contributed by atoms with Gasteiger partial charge in [0.1, 0.15) is 0 Å². The smallest absolute Gasteiger partial charge is 0.341 e. The maximum Gasteiger partial charge on any atom is 0.341 e. The van der Waals surface area contributed by atoms with Crippen LogP contribution in [0, 0.1) is 5.92 Å². The van der Waals surface area contributed by atoms with E-state index < -0.39 is 11.9 Å². The van der Waals surface area contributed by atoms with Crippen molar-refractivity contribution in [3.63, 3.8) is 0 Å². The predicted molar refractivity (Wildman–Crippen MR) is 77.6 cm³/mol. The molecule has 0 saturated carbocycles. The Labute approximate surface area is 116 Å². The average Bonchev–Trinajstić information content (AvgIpc) is 2.35. The molecule has 0 unspecified atom stereocenters. The number of rotatable bonds is 7. The summed E-state index contributed by atoms with van der Waals surface area (Å²) < 4.78 is 4.82. The minimum absolute atomic E-state index is 0.481. The summed E-state index contributed by atoms with van der Waals surface area (Å²) >= 11 is 0. The van der Waals surface area contributed by atoms with Gasteiger partial charge in [-0.1, -0.05) is 45.8 Å². The average molecular weight is 266 g/mol. The van der Waals surface area contributed by atoms with Crippen molar-refractivity contribution in [3.8, 4) is 0 Å². The summed E-state index contributed by atoms with van der Waals surface area (Å²) in [4.78, 5) is 23.3. The molecule has 0 rings (SSSR count). The van der Waals surface area contributed by atoms with E-state index >= 15 is 0 Å². The summed E-state index contributed by atoms with van der Waals surface area (Å²) in [6, 6.07) is 0. The molecule has 0 aliphatic carbocycles. The van der Waals surface area contributed by atoms with E-state index in [9.17, 15) is 9.59 Å². The summed E-state index contributed by atoms with van der Waals surface area (Å²) in [7, 11) is 0. The Hall–Kier alpha value is -1.38. The lowest BCUT2D eigenvalue weighted by Crippen LogP contribution is -2.14. The lowest BCUT2D eigenvalue weighted by atomic mass is 10.1. The summed E-state index contributed by atoms with van der Waals surface area (Å²) in [5, 5.41) is 0. The zero-order chi connectivity index (χ0) is 14.8. The molecule has 0 amide bonds. The lowest BCUT2D eigenvalue weighted by Gasteiger charge is -2.04. The van der Waals surface area contributed by atoms with Gasteiger partial charge in [-0.25, -0.2) is 9.59 Å². The van der Waals surface area contributed by atoms with Gasteiger partial charge in [0, 0.05) is 11.1 Å². The van der Waals surface area contributed by atoms with E-state index in [0.29, 0.717) is 17.1 Å². The molecular formula is C16H26O3. The number of ether oxygens (including phenoxy) is 1. The molecule has 0 aliphatic rings. The molecule has 108 valence electrons. The number of carbonyl (C=O) groups excluding carboxylic acids is 2. The molecule has 0 aromatic rings. The third kappa shape index (κ3) is 8.36. The van der Waals surface area contributed by atoms with Crippen LogP contribution in [0.15, 0.2) is 23.3 Å². The molecule has 3 heteroatoms. The minimum Gasteiger partial charge on any atom is -0.386 e. The van der Waals surface area contributed by atoms with Crippen LogP contribution in [0.5, 0.6) is 0 Å². The van der Waals surface area contributed by atoms with E-state index in [2.05, 4.69) is 20.8 Å². The molecule has 0 saturated heterocycles. The van der Waals surface area contributed by atoms with Gasteiger partial charge in [0.05, 0.1) is 0 Å². The SMILES string of the molecule is CCCCC=C(C)C(=O)OC(=O)C(C)=CCC(C)C. The molecule has 3 nitrogen and oxygen atoms in total. The molecular weight excluding hydrogens is 240 g/mol. The number of esters is 2. The Morgan fingerprint density at radius 1 is 1.05 bits per heavy atom. The molecule has 0 aliphatic heterocycles. The van der Waals surface area contributed by atoms with Crippen molar-refractivity contribution in [3.05, 3.63) is 23.3 Å². The van der Waals surface area contributed by atoms with Crippen molar-refractivity contribution in [1.82, 2.24) is 0 Å². The molecule has 0 aromatic carbocycles. The standard InChI is InChI=1S/C16H26O3/c1-6-7-8-9-13(4)15(17)19-16(18)14(5)11-10-12(2)3/h9,11-12H,6-8,10H2,1-5H3. The second kappa shape index (κ2) is 9.54. The van der Waals surface area contributed by atoms with Crippen molar-refractivity contribution in [2.75, 3.05) is 0 Å². The summed E-state index contributed by atoms with van der Waals surface area (Å²) in [6.45, 7) is 9.59. The van der Waals surface area contributed by atoms with Crippen LogP contribution in [-0.4, -0.2) is 11.9 Å². The van der Waals surface area contributed by atoms with Crippen LogP contribution >= 0.6 is 0 Å². The Morgan fingerprint density at radius 2 is 1.58 bits per heavy atom. The molecule has 0 aromatic heterocycles. The van der Waals surface area contributed by atoms with Crippen molar-refractivity contribution in [1.29, 1.82) is 0 Å². The van der Waals surface area contributed by atoms with Crippen molar-refractivity contribution >= 4 is 11.9 Å². The van der Waals surface area contributed by atoms with Crippen LogP contribution in [0.25, 0.3) is 0 Å². The number of carbonyl (C=O) groups is 2. The highest BCUT2D eigenvalue weighted by Crippen LogP contribution is 2.08. The van der Waals surface area contributed by atoms with Gasteiger partial charge in [0.2, 0.25) is 0 Å². The fourth-order valence-corrected chi connectivity index (χ4v) is 1.35. The van der Waals surface area contributed by atoms with E-state index in [4.69, 9.17) is 4.74 Å². The normalized spacial score (nSPS) is 12.7. The second-order valence-corrected chi connectivity index (χ2v) is 5.22. The van der Waals surface area contributed by atoms with Crippen molar-refractivity contribution in [2.45, 2.75) is 60.3 Å². The third-order valence-electron chi connectivity index (χ3n) is 2.73. The zero-order valence-electron chi connectivity index (χ0n) is 12.8. The van der Waals surface area contributed by atoms with Gasteiger partial charge in [-0.05, 0) is 32.6 Å². The number of hydrogen-bond acceptors (Lipinski definition) is 3. The molecule has 0 N–H and O–H groups in total. The van der Waals surface area contributed by atoms with Gasteiger partial charge < -0.3 is 4.74 Å². The highest BCUT2D eigenvalue weighted by atomic mass is 16.6. The molecule has 0 heterocycles. The summed E-state index contributed by atoms with van der Waals surface area (Å²) in [5.41, 5.74) is 0.988. The van der Waals surface area contributed by atoms with Crippen molar-refractivity contribution in [2.24, 2.45) is 5.92 Å². The van der Waals surface area contributed by atoms with Gasteiger partial charge >= 0.3 is 11.9 Å². The van der Waals surface area contributed by atoms with E-state index in [1.165, 1.54) is 0 Å². The highest BCUT2D eigenvalue weighted by molar-refractivity contribution is 6.01. The molecule has 19 heavy (non-hydrogen) atoms. The van der Waals surface area contributed by atoms with Gasteiger partial charge in [-0.3, -0.25) is 0 Å². The largest absolute Gasteiger partial charge is 0.386 e. The van der Waals surface area contributed by atoms with Crippen molar-refractivity contribution < 1.29 is 14.3 Å². The first-order chi connectivity index (χ1) is 8.88. The second-order valence-electron chi connectivity index (χ2n) is 5.22. The van der Waals surface area contributed by atoms with Gasteiger partial charge in [-0.15, -0.1) is 0 Å². The fourth-order valence-electron chi connectivity index (χ4n) is 1.35. The highest BCUT2D eigenvalue weighted by Gasteiger charge is 2.13. The quantitative estimate of drug-likeness (QED) is 0.300. The summed E-state index contributed by atoms with van der Waals surface area (Å²) in [5.74, 6) is -0.610. The molecule has 0 bridgehead atoms. The van der Waals surface area contributed by atoms with Crippen LogP contribution in [-0.2, 0) is 14.3 Å². The monoisotopic (exact) mass is 266 g/mol. The van der Waals surface area contributed by atoms with Gasteiger partial charge in [0.15, 0.2) is 0 Å². The Morgan fingerprint density at radius 3 is 2.05 bits per heavy atom. The lowest BCUT2D eigenvalue weighted by molar-refractivity contribution is -0.153. The zero-order valence-corrected chi connectivity index (χ0v) is 12.8. The maximum absolute atomic E-state index is 11.7. The Kier molecular flexibility index (Phi) is 8.84. The van der Waals surface area contributed by atoms with Crippen LogP contribution in [0.2, 0.25) is 0 Å².